The first kappa shape index (κ1) is 10.4. The molecule has 0 amide bonds. The summed E-state index contributed by atoms with van der Waals surface area (Å²) in [6.07, 6.45) is 9.66. The highest BCUT2D eigenvalue weighted by molar-refractivity contribution is 4.88. The van der Waals surface area contributed by atoms with Gasteiger partial charge in [-0.3, -0.25) is 0 Å². The lowest BCUT2D eigenvalue weighted by molar-refractivity contribution is 0.247. The summed E-state index contributed by atoms with van der Waals surface area (Å²) in [5, 5.41) is 7.28. The van der Waals surface area contributed by atoms with Gasteiger partial charge in [0.25, 0.3) is 0 Å². The van der Waals surface area contributed by atoms with Gasteiger partial charge in [-0.05, 0) is 58.5 Å². The summed E-state index contributed by atoms with van der Waals surface area (Å²) in [7, 11) is 0. The van der Waals surface area contributed by atoms with Crippen LogP contribution in [0.15, 0.2) is 0 Å². The fourth-order valence-electron chi connectivity index (χ4n) is 2.83. The number of hydrogen-bond acceptors (Lipinski definition) is 2. The quantitative estimate of drug-likeness (QED) is 0.722. The van der Waals surface area contributed by atoms with Crippen LogP contribution >= 0.6 is 0 Å². The third kappa shape index (κ3) is 2.71. The molecule has 2 heteroatoms. The zero-order chi connectivity index (χ0) is 9.86. The second-order valence-electron chi connectivity index (χ2n) is 5.28. The molecule has 2 heterocycles. The van der Waals surface area contributed by atoms with Crippen molar-refractivity contribution in [2.75, 3.05) is 13.1 Å². The van der Waals surface area contributed by atoms with E-state index in [1.165, 1.54) is 58.0 Å². The van der Waals surface area contributed by atoms with Crippen LogP contribution < -0.4 is 10.6 Å². The van der Waals surface area contributed by atoms with Gasteiger partial charge in [-0.25, -0.2) is 0 Å². The summed E-state index contributed by atoms with van der Waals surface area (Å²) in [5.41, 5.74) is 0.447. The third-order valence-corrected chi connectivity index (χ3v) is 3.91. The summed E-state index contributed by atoms with van der Waals surface area (Å²) in [6.45, 7) is 4.88. The van der Waals surface area contributed by atoms with E-state index in [-0.39, 0.29) is 0 Å². The summed E-state index contributed by atoms with van der Waals surface area (Å²) in [5.74, 6) is 0. The van der Waals surface area contributed by atoms with Gasteiger partial charge in [0.1, 0.15) is 0 Å². The van der Waals surface area contributed by atoms with Crippen LogP contribution in [-0.2, 0) is 0 Å². The maximum Gasteiger partial charge on any atom is 0.0153 e. The van der Waals surface area contributed by atoms with Crippen molar-refractivity contribution < 1.29 is 0 Å². The van der Waals surface area contributed by atoms with Gasteiger partial charge in [0.15, 0.2) is 0 Å². The van der Waals surface area contributed by atoms with Crippen molar-refractivity contribution in [3.63, 3.8) is 0 Å². The van der Waals surface area contributed by atoms with Crippen molar-refractivity contribution in [2.45, 2.75) is 63.5 Å². The lowest BCUT2D eigenvalue weighted by Gasteiger charge is -2.35. The first-order valence-electron chi connectivity index (χ1n) is 6.27. The minimum absolute atomic E-state index is 0.447. The zero-order valence-electron chi connectivity index (χ0n) is 9.44. The van der Waals surface area contributed by atoms with Crippen LogP contribution in [-0.4, -0.2) is 24.7 Å². The van der Waals surface area contributed by atoms with Crippen molar-refractivity contribution in [2.24, 2.45) is 0 Å². The summed E-state index contributed by atoms with van der Waals surface area (Å²) in [6, 6.07) is 0.815. The van der Waals surface area contributed by atoms with Crippen molar-refractivity contribution in [1.29, 1.82) is 0 Å². The highest BCUT2D eigenvalue weighted by atomic mass is 15.0. The molecule has 0 aliphatic carbocycles. The Morgan fingerprint density at radius 3 is 2.79 bits per heavy atom. The second-order valence-corrected chi connectivity index (χ2v) is 5.28. The zero-order valence-corrected chi connectivity index (χ0v) is 9.44. The molecule has 2 atom stereocenters. The van der Waals surface area contributed by atoms with E-state index in [2.05, 4.69) is 17.6 Å². The van der Waals surface area contributed by atoms with Crippen LogP contribution in [0.3, 0.4) is 0 Å². The number of rotatable bonds is 3. The lowest BCUT2D eigenvalue weighted by atomic mass is 9.85. The minimum Gasteiger partial charge on any atom is -0.314 e. The average molecular weight is 196 g/mol. The van der Waals surface area contributed by atoms with Crippen LogP contribution in [0, 0.1) is 0 Å². The number of nitrogens with one attached hydrogen (secondary N) is 2. The first-order chi connectivity index (χ1) is 6.79. The molecule has 2 aliphatic rings. The van der Waals surface area contributed by atoms with Crippen LogP contribution in [0.4, 0.5) is 0 Å². The molecule has 0 bridgehead atoms. The highest BCUT2D eigenvalue weighted by Gasteiger charge is 2.27. The van der Waals surface area contributed by atoms with Crippen molar-refractivity contribution >= 4 is 0 Å². The Balaban J connectivity index is 1.72. The predicted octanol–water partition coefficient (Wildman–Crippen LogP) is 2.05. The summed E-state index contributed by atoms with van der Waals surface area (Å²) >= 11 is 0. The normalized spacial score (nSPS) is 38.8. The molecule has 2 unspecified atom stereocenters. The van der Waals surface area contributed by atoms with Crippen LogP contribution in [0.5, 0.6) is 0 Å². The molecule has 2 aliphatic heterocycles. The Kier molecular flexibility index (Phi) is 3.45. The Hall–Kier alpha value is -0.0800. The average Bonchev–Trinajstić information content (AvgIpc) is 2.69. The van der Waals surface area contributed by atoms with Gasteiger partial charge >= 0.3 is 0 Å². The fourth-order valence-corrected chi connectivity index (χ4v) is 2.83. The Morgan fingerprint density at radius 2 is 2.14 bits per heavy atom. The molecule has 2 fully saturated rings. The molecule has 0 aromatic heterocycles. The van der Waals surface area contributed by atoms with E-state index < -0.39 is 0 Å². The SMILES string of the molecule is CC1(CCC2CCCN2)CCCCN1. The molecule has 0 aromatic carbocycles. The summed E-state index contributed by atoms with van der Waals surface area (Å²) in [4.78, 5) is 0. The molecule has 0 spiro atoms. The van der Waals surface area contributed by atoms with E-state index in [0.717, 1.165) is 6.04 Å². The molecule has 2 N–H and O–H groups in total. The molecule has 2 saturated heterocycles. The monoisotopic (exact) mass is 196 g/mol. The van der Waals surface area contributed by atoms with Crippen LogP contribution in [0.1, 0.15) is 51.9 Å². The van der Waals surface area contributed by atoms with Crippen LogP contribution in [0.2, 0.25) is 0 Å². The molecule has 2 nitrogen and oxygen atoms in total. The Morgan fingerprint density at radius 1 is 1.21 bits per heavy atom. The van der Waals surface area contributed by atoms with Gasteiger partial charge < -0.3 is 10.6 Å². The van der Waals surface area contributed by atoms with Crippen molar-refractivity contribution in [1.82, 2.24) is 10.6 Å². The third-order valence-electron chi connectivity index (χ3n) is 3.91. The molecule has 2 rings (SSSR count). The molecule has 0 radical (unpaired) electrons. The largest absolute Gasteiger partial charge is 0.314 e. The topological polar surface area (TPSA) is 24.1 Å². The van der Waals surface area contributed by atoms with Gasteiger partial charge in [0, 0.05) is 11.6 Å². The van der Waals surface area contributed by atoms with Gasteiger partial charge in [-0.15, -0.1) is 0 Å². The molecular weight excluding hydrogens is 172 g/mol. The maximum atomic E-state index is 3.69. The van der Waals surface area contributed by atoms with Gasteiger partial charge in [0.2, 0.25) is 0 Å². The molecular formula is C12H24N2. The van der Waals surface area contributed by atoms with Gasteiger partial charge in [-0.1, -0.05) is 6.42 Å². The van der Waals surface area contributed by atoms with Crippen LogP contribution in [0.25, 0.3) is 0 Å². The van der Waals surface area contributed by atoms with Crippen molar-refractivity contribution in [3.8, 4) is 0 Å². The Bertz CT molecular complexity index is 167. The van der Waals surface area contributed by atoms with E-state index in [9.17, 15) is 0 Å². The maximum absolute atomic E-state index is 3.69. The number of piperidine rings is 1. The smallest absolute Gasteiger partial charge is 0.0153 e. The predicted molar refractivity (Wildman–Crippen MR) is 60.5 cm³/mol. The molecule has 0 saturated carbocycles. The van der Waals surface area contributed by atoms with E-state index in [1.54, 1.807) is 0 Å². The molecule has 82 valence electrons. The second kappa shape index (κ2) is 4.63. The van der Waals surface area contributed by atoms with E-state index in [0.29, 0.717) is 5.54 Å². The van der Waals surface area contributed by atoms with Gasteiger partial charge in [-0.2, -0.15) is 0 Å². The Labute approximate surface area is 87.8 Å². The first-order valence-corrected chi connectivity index (χ1v) is 6.27. The fraction of sp³-hybridized carbons (Fsp3) is 1.00. The van der Waals surface area contributed by atoms with E-state index in [1.807, 2.05) is 0 Å². The summed E-state index contributed by atoms with van der Waals surface area (Å²) < 4.78 is 0. The minimum atomic E-state index is 0.447. The highest BCUT2D eigenvalue weighted by Crippen LogP contribution is 2.25. The van der Waals surface area contributed by atoms with E-state index >= 15 is 0 Å². The standard InChI is InChI=1S/C12H24N2/c1-12(7-2-3-10-14-12)8-6-11-5-4-9-13-11/h11,13-14H,2-10H2,1H3. The van der Waals surface area contributed by atoms with Crippen molar-refractivity contribution in [3.05, 3.63) is 0 Å². The number of hydrogen-bond donors (Lipinski definition) is 2. The van der Waals surface area contributed by atoms with E-state index in [4.69, 9.17) is 0 Å². The molecule has 0 aromatic rings. The van der Waals surface area contributed by atoms with Gasteiger partial charge in [0.05, 0.1) is 0 Å². The molecule has 14 heavy (non-hydrogen) atoms. The lowest BCUT2D eigenvalue weighted by Crippen LogP contribution is -2.46.